The molecular weight excluding hydrogens is 344 g/mol. The Morgan fingerprint density at radius 3 is 2.74 bits per heavy atom. The van der Waals surface area contributed by atoms with Crippen LogP contribution >= 0.6 is 0 Å². The minimum absolute atomic E-state index is 0.0520. The molecule has 0 aliphatic carbocycles. The number of aliphatic hydroxyl groups is 1. The number of esters is 1. The Hall–Kier alpha value is -2.17. The molecule has 0 aromatic carbocycles. The third-order valence-electron chi connectivity index (χ3n) is 6.27. The molecule has 1 aromatic rings. The smallest absolute Gasteiger partial charge is 0.312 e. The van der Waals surface area contributed by atoms with Crippen LogP contribution in [-0.4, -0.2) is 65.9 Å². The highest BCUT2D eigenvalue weighted by Gasteiger charge is 2.50. The van der Waals surface area contributed by atoms with Gasteiger partial charge in [0.05, 0.1) is 17.1 Å². The van der Waals surface area contributed by atoms with Gasteiger partial charge in [0.1, 0.15) is 18.0 Å². The first kappa shape index (κ1) is 18.2. The molecule has 1 spiro atoms. The topological polar surface area (TPSA) is 89.7 Å². The Balaban J connectivity index is 1.36. The third-order valence-corrected chi connectivity index (χ3v) is 6.27. The molecule has 144 valence electrons. The van der Waals surface area contributed by atoms with Gasteiger partial charge >= 0.3 is 5.97 Å². The van der Waals surface area contributed by atoms with E-state index in [2.05, 4.69) is 20.9 Å². The van der Waals surface area contributed by atoms with E-state index in [0.29, 0.717) is 24.5 Å². The molecule has 1 N–H and O–H groups in total. The average molecular weight is 370 g/mol. The highest BCUT2D eigenvalue weighted by Crippen LogP contribution is 2.44. The maximum absolute atomic E-state index is 12.7. The van der Waals surface area contributed by atoms with Crippen LogP contribution in [0.4, 0.5) is 5.82 Å². The van der Waals surface area contributed by atoms with Crippen molar-refractivity contribution in [1.29, 1.82) is 5.26 Å². The van der Waals surface area contributed by atoms with E-state index in [1.54, 1.807) is 18.3 Å². The number of nitrogens with zero attached hydrogens (tertiary/aromatic N) is 4. The second kappa shape index (κ2) is 7.45. The molecule has 0 radical (unpaired) electrons. The number of nitriles is 1. The monoisotopic (exact) mass is 370 g/mol. The van der Waals surface area contributed by atoms with E-state index in [1.165, 1.54) is 0 Å². The summed E-state index contributed by atoms with van der Waals surface area (Å²) in [4.78, 5) is 21.4. The zero-order valence-corrected chi connectivity index (χ0v) is 15.5. The molecule has 7 heteroatoms. The van der Waals surface area contributed by atoms with Crippen LogP contribution in [0.25, 0.3) is 0 Å². The van der Waals surface area contributed by atoms with Crippen LogP contribution in [0.1, 0.15) is 37.7 Å². The maximum Gasteiger partial charge on any atom is 0.312 e. The van der Waals surface area contributed by atoms with Crippen molar-refractivity contribution in [2.45, 2.75) is 44.3 Å². The van der Waals surface area contributed by atoms with Gasteiger partial charge < -0.3 is 14.7 Å². The summed E-state index contributed by atoms with van der Waals surface area (Å²) in [5.74, 6) is 0.648. The number of cyclic esters (lactones) is 1. The van der Waals surface area contributed by atoms with Gasteiger partial charge in [-0.3, -0.25) is 9.69 Å². The van der Waals surface area contributed by atoms with Crippen molar-refractivity contribution >= 4 is 11.8 Å². The van der Waals surface area contributed by atoms with Crippen LogP contribution in [0.15, 0.2) is 18.3 Å². The normalized spacial score (nSPS) is 26.1. The SMILES string of the molecule is N#Cc1cccnc1N1CCC2(CC1)CC(CN1CCC(O)CC1)OC2=O. The number of carbonyl (C=O) groups excluding carboxylic acids is 1. The fraction of sp³-hybridized carbons (Fsp3) is 0.650. The summed E-state index contributed by atoms with van der Waals surface area (Å²) in [6.07, 6.45) is 5.31. The number of ether oxygens (including phenoxy) is 1. The fourth-order valence-electron chi connectivity index (χ4n) is 4.62. The molecule has 3 aliphatic heterocycles. The van der Waals surface area contributed by atoms with Gasteiger partial charge in [-0.25, -0.2) is 4.98 Å². The Kier molecular flexibility index (Phi) is 5.02. The van der Waals surface area contributed by atoms with Gasteiger partial charge in [0, 0.05) is 45.3 Å². The zero-order chi connectivity index (χ0) is 18.9. The second-order valence-electron chi connectivity index (χ2n) is 8.02. The van der Waals surface area contributed by atoms with Crippen molar-refractivity contribution in [2.75, 3.05) is 37.6 Å². The quantitative estimate of drug-likeness (QED) is 0.803. The van der Waals surface area contributed by atoms with E-state index in [4.69, 9.17) is 4.74 Å². The molecule has 0 amide bonds. The number of carbonyl (C=O) groups is 1. The first-order valence-corrected chi connectivity index (χ1v) is 9.81. The Bertz CT molecular complexity index is 731. The number of pyridine rings is 1. The van der Waals surface area contributed by atoms with Gasteiger partial charge in [0.25, 0.3) is 0 Å². The summed E-state index contributed by atoms with van der Waals surface area (Å²) in [6, 6.07) is 5.75. The highest BCUT2D eigenvalue weighted by molar-refractivity contribution is 5.79. The Morgan fingerprint density at radius 2 is 2.04 bits per heavy atom. The summed E-state index contributed by atoms with van der Waals surface area (Å²) in [5.41, 5.74) is 0.186. The van der Waals surface area contributed by atoms with Crippen LogP contribution in [-0.2, 0) is 9.53 Å². The van der Waals surface area contributed by atoms with Crippen LogP contribution in [0.2, 0.25) is 0 Å². The summed E-state index contributed by atoms with van der Waals surface area (Å²) in [7, 11) is 0. The molecule has 3 fully saturated rings. The number of aliphatic hydroxyl groups excluding tert-OH is 1. The van der Waals surface area contributed by atoms with Crippen molar-refractivity contribution in [3.8, 4) is 6.07 Å². The lowest BCUT2D eigenvalue weighted by atomic mass is 9.76. The van der Waals surface area contributed by atoms with Crippen LogP contribution in [0.3, 0.4) is 0 Å². The second-order valence-corrected chi connectivity index (χ2v) is 8.02. The lowest BCUT2D eigenvalue weighted by Gasteiger charge is -2.37. The number of hydrogen-bond donors (Lipinski definition) is 1. The predicted molar refractivity (Wildman–Crippen MR) is 99.0 cm³/mol. The van der Waals surface area contributed by atoms with E-state index in [1.807, 2.05) is 0 Å². The number of anilines is 1. The molecule has 1 unspecified atom stereocenters. The number of rotatable bonds is 3. The van der Waals surface area contributed by atoms with Crippen LogP contribution in [0.5, 0.6) is 0 Å². The highest BCUT2D eigenvalue weighted by atomic mass is 16.6. The molecule has 4 heterocycles. The summed E-state index contributed by atoms with van der Waals surface area (Å²) in [6.45, 7) is 3.93. The molecule has 0 saturated carbocycles. The van der Waals surface area contributed by atoms with Gasteiger partial charge in [-0.1, -0.05) is 0 Å². The summed E-state index contributed by atoms with van der Waals surface area (Å²) < 4.78 is 5.74. The van der Waals surface area contributed by atoms with E-state index >= 15 is 0 Å². The van der Waals surface area contributed by atoms with Gasteiger partial charge in [-0.05, 0) is 37.8 Å². The molecule has 1 aromatic heterocycles. The fourth-order valence-corrected chi connectivity index (χ4v) is 4.62. The van der Waals surface area contributed by atoms with E-state index in [0.717, 1.165) is 51.7 Å². The van der Waals surface area contributed by atoms with E-state index < -0.39 is 5.41 Å². The molecule has 3 aliphatic rings. The summed E-state index contributed by atoms with van der Waals surface area (Å²) >= 11 is 0. The minimum atomic E-state index is -0.391. The van der Waals surface area contributed by atoms with Crippen LogP contribution < -0.4 is 4.90 Å². The Labute approximate surface area is 159 Å². The van der Waals surface area contributed by atoms with Gasteiger partial charge in [-0.15, -0.1) is 0 Å². The minimum Gasteiger partial charge on any atom is -0.461 e. The van der Waals surface area contributed by atoms with E-state index in [-0.39, 0.29) is 18.2 Å². The number of piperidine rings is 2. The molecule has 7 nitrogen and oxygen atoms in total. The molecule has 4 rings (SSSR count). The molecule has 0 bridgehead atoms. The van der Waals surface area contributed by atoms with Gasteiger partial charge in [0.15, 0.2) is 0 Å². The third kappa shape index (κ3) is 3.64. The number of likely N-dealkylation sites (tertiary alicyclic amines) is 1. The number of aromatic nitrogens is 1. The largest absolute Gasteiger partial charge is 0.461 e. The van der Waals surface area contributed by atoms with Crippen molar-refractivity contribution < 1.29 is 14.6 Å². The maximum atomic E-state index is 12.7. The van der Waals surface area contributed by atoms with Gasteiger partial charge in [-0.2, -0.15) is 5.26 Å². The van der Waals surface area contributed by atoms with Crippen molar-refractivity contribution in [2.24, 2.45) is 5.41 Å². The Morgan fingerprint density at radius 1 is 1.30 bits per heavy atom. The predicted octanol–water partition coefficient (Wildman–Crippen LogP) is 1.31. The molecule has 3 saturated heterocycles. The first-order valence-electron chi connectivity index (χ1n) is 9.81. The summed E-state index contributed by atoms with van der Waals surface area (Å²) in [5, 5.41) is 18.9. The van der Waals surface area contributed by atoms with Crippen molar-refractivity contribution in [3.05, 3.63) is 23.9 Å². The lowest BCUT2D eigenvalue weighted by Crippen LogP contribution is -2.43. The number of hydrogen-bond acceptors (Lipinski definition) is 7. The lowest BCUT2D eigenvalue weighted by molar-refractivity contribution is -0.150. The first-order chi connectivity index (χ1) is 13.1. The molecule has 1 atom stereocenters. The zero-order valence-electron chi connectivity index (χ0n) is 15.5. The van der Waals surface area contributed by atoms with Crippen molar-refractivity contribution in [3.63, 3.8) is 0 Å². The molecular formula is C20H26N4O3. The van der Waals surface area contributed by atoms with Gasteiger partial charge in [0.2, 0.25) is 0 Å². The standard InChI is InChI=1S/C20H26N4O3/c21-13-15-2-1-7-22-18(15)24-10-5-20(6-11-24)12-17(27-19(20)26)14-23-8-3-16(25)4-9-23/h1-2,7,16-17,25H,3-6,8-12,14H2. The molecule has 27 heavy (non-hydrogen) atoms. The van der Waals surface area contributed by atoms with Crippen molar-refractivity contribution in [1.82, 2.24) is 9.88 Å². The van der Waals surface area contributed by atoms with E-state index in [9.17, 15) is 15.2 Å². The average Bonchev–Trinajstić information content (AvgIpc) is 2.99. The van der Waals surface area contributed by atoms with Crippen LogP contribution in [0, 0.1) is 16.7 Å².